The number of hydrogen-bond donors (Lipinski definition) is 1. The highest BCUT2D eigenvalue weighted by molar-refractivity contribution is 5.77. The minimum atomic E-state index is -0.447. The first kappa shape index (κ1) is 11.9. The predicted molar refractivity (Wildman–Crippen MR) is 76.3 cm³/mol. The maximum atomic E-state index is 10.1. The number of benzene rings is 2. The first-order valence-electron chi connectivity index (χ1n) is 6.50. The van der Waals surface area contributed by atoms with Crippen molar-refractivity contribution in [2.45, 2.75) is 19.4 Å². The largest absolute Gasteiger partial charge is 0.388 e. The Morgan fingerprint density at radius 1 is 1.11 bits per heavy atom. The minimum absolute atomic E-state index is 0.447. The van der Waals surface area contributed by atoms with E-state index in [1.807, 2.05) is 66.3 Å². The lowest BCUT2D eigenvalue weighted by atomic mass is 10.0. The number of aromatic nitrogens is 2. The van der Waals surface area contributed by atoms with Gasteiger partial charge in [-0.3, -0.25) is 4.57 Å². The minimum Gasteiger partial charge on any atom is -0.388 e. The highest BCUT2D eigenvalue weighted by Gasteiger charge is 2.13. The molecule has 0 aliphatic carbocycles. The van der Waals surface area contributed by atoms with E-state index in [0.717, 1.165) is 22.3 Å². The van der Waals surface area contributed by atoms with Crippen LogP contribution in [0.25, 0.3) is 16.7 Å². The molecule has 96 valence electrons. The van der Waals surface area contributed by atoms with Crippen molar-refractivity contribution in [1.29, 1.82) is 0 Å². The third-order valence-corrected chi connectivity index (χ3v) is 3.40. The number of hydrogen-bond acceptors (Lipinski definition) is 2. The maximum absolute atomic E-state index is 10.1. The summed E-state index contributed by atoms with van der Waals surface area (Å²) in [5.41, 5.74) is 3.94. The van der Waals surface area contributed by atoms with E-state index < -0.39 is 6.10 Å². The molecule has 0 radical (unpaired) electrons. The molecule has 2 aromatic carbocycles. The molecular weight excluding hydrogens is 236 g/mol. The quantitative estimate of drug-likeness (QED) is 0.775. The summed E-state index contributed by atoms with van der Waals surface area (Å²) in [6, 6.07) is 15.9. The van der Waals surface area contributed by atoms with Gasteiger partial charge in [-0.15, -0.1) is 0 Å². The van der Waals surface area contributed by atoms with E-state index in [-0.39, 0.29) is 0 Å². The van der Waals surface area contributed by atoms with Crippen molar-refractivity contribution < 1.29 is 5.11 Å². The smallest absolute Gasteiger partial charge is 0.100 e. The summed E-state index contributed by atoms with van der Waals surface area (Å²) in [6.45, 7) is 1.98. The molecule has 0 saturated carbocycles. The Morgan fingerprint density at radius 3 is 2.68 bits per heavy atom. The van der Waals surface area contributed by atoms with Gasteiger partial charge in [-0.05, 0) is 24.6 Å². The van der Waals surface area contributed by atoms with Gasteiger partial charge in [-0.1, -0.05) is 37.3 Å². The molecule has 3 rings (SSSR count). The summed E-state index contributed by atoms with van der Waals surface area (Å²) in [6.07, 6.45) is 2.06. The summed E-state index contributed by atoms with van der Waals surface area (Å²) in [7, 11) is 0. The lowest BCUT2D eigenvalue weighted by Gasteiger charge is -2.15. The molecule has 1 N–H and O–H groups in total. The van der Waals surface area contributed by atoms with Crippen molar-refractivity contribution in [2.24, 2.45) is 0 Å². The van der Waals surface area contributed by atoms with Crippen LogP contribution in [0.3, 0.4) is 0 Å². The molecule has 3 heteroatoms. The van der Waals surface area contributed by atoms with Gasteiger partial charge in [-0.2, -0.15) is 0 Å². The molecule has 19 heavy (non-hydrogen) atoms. The van der Waals surface area contributed by atoms with Crippen molar-refractivity contribution in [3.05, 3.63) is 60.4 Å². The molecule has 0 spiro atoms. The molecule has 3 nitrogen and oxygen atoms in total. The zero-order valence-electron chi connectivity index (χ0n) is 10.8. The van der Waals surface area contributed by atoms with Crippen LogP contribution in [0.2, 0.25) is 0 Å². The van der Waals surface area contributed by atoms with Gasteiger partial charge in [-0.25, -0.2) is 4.98 Å². The second kappa shape index (κ2) is 4.86. The average molecular weight is 252 g/mol. The highest BCUT2D eigenvalue weighted by atomic mass is 16.3. The van der Waals surface area contributed by atoms with Crippen LogP contribution in [-0.2, 0) is 0 Å². The molecule has 1 aromatic heterocycles. The molecule has 0 fully saturated rings. The van der Waals surface area contributed by atoms with Crippen molar-refractivity contribution >= 4 is 11.0 Å². The number of aliphatic hydroxyl groups excluding tert-OH is 1. The van der Waals surface area contributed by atoms with E-state index in [4.69, 9.17) is 0 Å². The lowest BCUT2D eigenvalue weighted by molar-refractivity contribution is 0.173. The van der Waals surface area contributed by atoms with Crippen LogP contribution in [-0.4, -0.2) is 14.7 Å². The third-order valence-electron chi connectivity index (χ3n) is 3.40. The Morgan fingerprint density at radius 2 is 1.84 bits per heavy atom. The van der Waals surface area contributed by atoms with Crippen LogP contribution in [0.5, 0.6) is 0 Å². The summed E-state index contributed by atoms with van der Waals surface area (Å²) in [5, 5.41) is 10.1. The Balaban J connectivity index is 2.22. The average Bonchev–Trinajstić information content (AvgIpc) is 2.90. The van der Waals surface area contributed by atoms with E-state index >= 15 is 0 Å². The molecule has 0 unspecified atom stereocenters. The van der Waals surface area contributed by atoms with Gasteiger partial charge in [0.25, 0.3) is 0 Å². The molecule has 0 amide bonds. The standard InChI is InChI=1S/C16H16N2O/c1-2-16(19)12-7-3-5-9-14(12)18-11-17-13-8-4-6-10-15(13)18/h3-11,16,19H,2H2,1H3/t16-/m0/s1. The fraction of sp³-hybridized carbons (Fsp3) is 0.188. The molecule has 1 heterocycles. The van der Waals surface area contributed by atoms with Gasteiger partial charge in [0, 0.05) is 5.56 Å². The van der Waals surface area contributed by atoms with E-state index in [2.05, 4.69) is 4.98 Å². The monoisotopic (exact) mass is 252 g/mol. The maximum Gasteiger partial charge on any atom is 0.100 e. The Bertz CT molecular complexity index is 703. The SMILES string of the molecule is CC[C@H](O)c1ccccc1-n1cnc2ccccc21. The van der Waals surface area contributed by atoms with E-state index in [0.29, 0.717) is 6.42 Å². The number of nitrogens with zero attached hydrogens (tertiary/aromatic N) is 2. The van der Waals surface area contributed by atoms with Crippen LogP contribution in [0.1, 0.15) is 25.0 Å². The molecule has 1 atom stereocenters. The second-order valence-corrected chi connectivity index (χ2v) is 4.59. The fourth-order valence-electron chi connectivity index (χ4n) is 2.36. The van der Waals surface area contributed by atoms with Crippen molar-refractivity contribution in [3.8, 4) is 5.69 Å². The molecule has 0 saturated heterocycles. The van der Waals surface area contributed by atoms with Crippen molar-refractivity contribution in [3.63, 3.8) is 0 Å². The Kier molecular flexibility index (Phi) is 3.05. The number of fused-ring (bicyclic) bond motifs is 1. The number of aliphatic hydroxyl groups is 1. The zero-order valence-corrected chi connectivity index (χ0v) is 10.8. The van der Waals surface area contributed by atoms with Gasteiger partial charge >= 0.3 is 0 Å². The summed E-state index contributed by atoms with van der Waals surface area (Å²) in [5.74, 6) is 0. The fourth-order valence-corrected chi connectivity index (χ4v) is 2.36. The van der Waals surface area contributed by atoms with Gasteiger partial charge in [0.05, 0.1) is 22.8 Å². The topological polar surface area (TPSA) is 38.0 Å². The molecule has 3 aromatic rings. The predicted octanol–water partition coefficient (Wildman–Crippen LogP) is 3.47. The summed E-state index contributed by atoms with van der Waals surface area (Å²) >= 11 is 0. The van der Waals surface area contributed by atoms with Crippen LogP contribution < -0.4 is 0 Å². The van der Waals surface area contributed by atoms with Gasteiger partial charge in [0.1, 0.15) is 6.33 Å². The first-order valence-corrected chi connectivity index (χ1v) is 6.50. The summed E-state index contributed by atoms with van der Waals surface area (Å²) in [4.78, 5) is 4.40. The number of para-hydroxylation sites is 3. The van der Waals surface area contributed by atoms with Crippen LogP contribution >= 0.6 is 0 Å². The van der Waals surface area contributed by atoms with Crippen LogP contribution in [0.15, 0.2) is 54.9 Å². The molecular formula is C16H16N2O. The van der Waals surface area contributed by atoms with E-state index in [1.165, 1.54) is 0 Å². The number of imidazole rings is 1. The highest BCUT2D eigenvalue weighted by Crippen LogP contribution is 2.26. The Hall–Kier alpha value is -2.13. The molecule has 0 bridgehead atoms. The second-order valence-electron chi connectivity index (χ2n) is 4.59. The van der Waals surface area contributed by atoms with Gasteiger partial charge < -0.3 is 5.11 Å². The van der Waals surface area contributed by atoms with E-state index in [9.17, 15) is 5.11 Å². The van der Waals surface area contributed by atoms with Crippen molar-refractivity contribution in [2.75, 3.05) is 0 Å². The number of rotatable bonds is 3. The normalized spacial score (nSPS) is 12.7. The van der Waals surface area contributed by atoms with Crippen LogP contribution in [0.4, 0.5) is 0 Å². The van der Waals surface area contributed by atoms with Gasteiger partial charge in [0.15, 0.2) is 0 Å². The zero-order chi connectivity index (χ0) is 13.2. The summed E-state index contributed by atoms with van der Waals surface area (Å²) < 4.78 is 2.03. The van der Waals surface area contributed by atoms with Crippen LogP contribution in [0, 0.1) is 0 Å². The van der Waals surface area contributed by atoms with Crippen molar-refractivity contribution in [1.82, 2.24) is 9.55 Å². The molecule has 0 aliphatic rings. The lowest BCUT2D eigenvalue weighted by Crippen LogP contribution is -2.03. The Labute approximate surface area is 112 Å². The van der Waals surface area contributed by atoms with E-state index in [1.54, 1.807) is 0 Å². The molecule has 0 aliphatic heterocycles. The third kappa shape index (κ3) is 2.02. The first-order chi connectivity index (χ1) is 9.31. The van der Waals surface area contributed by atoms with Gasteiger partial charge in [0.2, 0.25) is 0 Å².